The van der Waals surface area contributed by atoms with Crippen molar-refractivity contribution >= 4 is 11.9 Å². The van der Waals surface area contributed by atoms with E-state index in [1.165, 1.54) is 6.92 Å². The summed E-state index contributed by atoms with van der Waals surface area (Å²) >= 11 is 0. The number of carboxylic acids is 1. The van der Waals surface area contributed by atoms with Crippen molar-refractivity contribution in [2.45, 2.75) is 32.9 Å². The number of aliphatic hydroxyl groups is 1. The number of carboxylic acid groups (broad SMARTS) is 1. The van der Waals surface area contributed by atoms with Crippen molar-refractivity contribution in [3.63, 3.8) is 0 Å². The van der Waals surface area contributed by atoms with Crippen LogP contribution >= 0.6 is 0 Å². The molecule has 0 fully saturated rings. The first-order valence-corrected chi connectivity index (χ1v) is 4.64. The van der Waals surface area contributed by atoms with E-state index in [1.54, 1.807) is 13.8 Å². The maximum Gasteiger partial charge on any atom is 0.328 e. The van der Waals surface area contributed by atoms with Gasteiger partial charge >= 0.3 is 5.97 Å². The number of nitrogens with one attached hydrogen (secondary N) is 1. The fourth-order valence-corrected chi connectivity index (χ4v) is 0.818. The normalized spacial score (nSPS) is 15.5. The van der Waals surface area contributed by atoms with Crippen LogP contribution < -0.4 is 11.1 Å². The topological polar surface area (TPSA) is 113 Å². The minimum atomic E-state index is -1.30. The number of nitrogens with two attached hydrogens (primary N) is 1. The number of hydrogen-bond donors (Lipinski definition) is 4. The van der Waals surface area contributed by atoms with Crippen LogP contribution in [0.2, 0.25) is 0 Å². The highest BCUT2D eigenvalue weighted by molar-refractivity contribution is 5.87. The summed E-state index contributed by atoms with van der Waals surface area (Å²) in [7, 11) is 0. The van der Waals surface area contributed by atoms with Crippen molar-refractivity contribution in [2.24, 2.45) is 11.1 Å². The summed E-state index contributed by atoms with van der Waals surface area (Å²) in [6.45, 7) is 4.60. The molecule has 15 heavy (non-hydrogen) atoms. The number of rotatable bonds is 5. The SMILES string of the molecule is C[C@@H](O)[C@H](NC(=O)C(C)(C)CN)C(=O)O. The van der Waals surface area contributed by atoms with Gasteiger partial charge in [-0.2, -0.15) is 0 Å². The molecule has 0 rings (SSSR count). The van der Waals surface area contributed by atoms with E-state index in [4.69, 9.17) is 15.9 Å². The van der Waals surface area contributed by atoms with Gasteiger partial charge in [0.15, 0.2) is 6.04 Å². The number of amides is 1. The largest absolute Gasteiger partial charge is 0.480 e. The molecule has 0 saturated carbocycles. The van der Waals surface area contributed by atoms with E-state index in [-0.39, 0.29) is 6.54 Å². The zero-order valence-corrected chi connectivity index (χ0v) is 9.15. The number of aliphatic hydroxyl groups excluding tert-OH is 1. The van der Waals surface area contributed by atoms with Gasteiger partial charge in [0.1, 0.15) is 0 Å². The maximum absolute atomic E-state index is 11.5. The van der Waals surface area contributed by atoms with Crippen molar-refractivity contribution < 1.29 is 19.8 Å². The second-order valence-corrected chi connectivity index (χ2v) is 4.12. The van der Waals surface area contributed by atoms with Crippen molar-refractivity contribution in [1.82, 2.24) is 5.32 Å². The highest BCUT2D eigenvalue weighted by atomic mass is 16.4. The molecule has 88 valence electrons. The summed E-state index contributed by atoms with van der Waals surface area (Å²) in [6, 6.07) is -1.30. The van der Waals surface area contributed by atoms with Crippen LogP contribution in [0.3, 0.4) is 0 Å². The van der Waals surface area contributed by atoms with Crippen molar-refractivity contribution in [2.75, 3.05) is 6.54 Å². The van der Waals surface area contributed by atoms with Gasteiger partial charge in [-0.3, -0.25) is 4.79 Å². The van der Waals surface area contributed by atoms with Crippen LogP contribution in [0.25, 0.3) is 0 Å². The quantitative estimate of drug-likeness (QED) is 0.469. The van der Waals surface area contributed by atoms with Gasteiger partial charge in [-0.05, 0) is 20.8 Å². The Morgan fingerprint density at radius 2 is 1.93 bits per heavy atom. The Bertz CT molecular complexity index is 250. The molecule has 6 nitrogen and oxygen atoms in total. The van der Waals surface area contributed by atoms with E-state index >= 15 is 0 Å². The summed E-state index contributed by atoms with van der Waals surface area (Å²) in [4.78, 5) is 22.2. The molecule has 0 radical (unpaired) electrons. The van der Waals surface area contributed by atoms with E-state index in [0.29, 0.717) is 0 Å². The molecule has 0 aliphatic heterocycles. The lowest BCUT2D eigenvalue weighted by Gasteiger charge is -2.25. The molecule has 2 atom stereocenters. The van der Waals surface area contributed by atoms with Gasteiger partial charge in [0.05, 0.1) is 11.5 Å². The van der Waals surface area contributed by atoms with Crippen molar-refractivity contribution in [3.05, 3.63) is 0 Å². The lowest BCUT2D eigenvalue weighted by atomic mass is 9.92. The Balaban J connectivity index is 4.57. The monoisotopic (exact) mass is 218 g/mol. The van der Waals surface area contributed by atoms with Crippen molar-refractivity contribution in [1.29, 1.82) is 0 Å². The fourth-order valence-electron chi connectivity index (χ4n) is 0.818. The predicted molar refractivity (Wildman–Crippen MR) is 54.1 cm³/mol. The zero-order chi connectivity index (χ0) is 12.2. The molecule has 6 heteroatoms. The molecule has 0 saturated heterocycles. The predicted octanol–water partition coefficient (Wildman–Crippen LogP) is -1.08. The minimum absolute atomic E-state index is 0.102. The second kappa shape index (κ2) is 5.09. The molecule has 0 aromatic rings. The minimum Gasteiger partial charge on any atom is -0.480 e. The standard InChI is InChI=1S/C9H18N2O4/c1-5(12)6(7(13)14)11-8(15)9(2,3)4-10/h5-6,12H,4,10H2,1-3H3,(H,11,15)(H,13,14)/t5-,6+/m1/s1. The first-order valence-electron chi connectivity index (χ1n) is 4.64. The van der Waals surface area contributed by atoms with Gasteiger partial charge < -0.3 is 21.3 Å². The highest BCUT2D eigenvalue weighted by Gasteiger charge is 2.32. The first-order chi connectivity index (χ1) is 6.72. The number of aliphatic carboxylic acids is 1. The molecule has 0 heterocycles. The molecule has 0 aromatic carbocycles. The molecule has 0 unspecified atom stereocenters. The summed E-state index contributed by atoms with van der Waals surface area (Å²) < 4.78 is 0. The summed E-state index contributed by atoms with van der Waals surface area (Å²) in [6.07, 6.45) is -1.15. The second-order valence-electron chi connectivity index (χ2n) is 4.12. The molecule has 0 aromatic heterocycles. The Kier molecular flexibility index (Phi) is 4.70. The molecular formula is C9H18N2O4. The molecule has 0 bridgehead atoms. The number of carbonyl (C=O) groups excluding carboxylic acids is 1. The van der Waals surface area contributed by atoms with Crippen LogP contribution in [-0.4, -0.2) is 40.8 Å². The Morgan fingerprint density at radius 3 is 2.20 bits per heavy atom. The molecule has 0 aliphatic rings. The number of hydrogen-bond acceptors (Lipinski definition) is 4. The van der Waals surface area contributed by atoms with Crippen LogP contribution in [0, 0.1) is 5.41 Å². The van der Waals surface area contributed by atoms with Gasteiger partial charge in [0.25, 0.3) is 0 Å². The molecule has 0 aliphatic carbocycles. The third-order valence-electron chi connectivity index (χ3n) is 2.16. The lowest BCUT2D eigenvalue weighted by Crippen LogP contribution is -2.53. The van der Waals surface area contributed by atoms with Gasteiger partial charge in [-0.15, -0.1) is 0 Å². The average molecular weight is 218 g/mol. The van der Waals surface area contributed by atoms with E-state index in [9.17, 15) is 9.59 Å². The van der Waals surface area contributed by atoms with Crippen LogP contribution in [0.4, 0.5) is 0 Å². The summed E-state index contributed by atoms with van der Waals surface area (Å²) in [5, 5.41) is 20.1. The molecular weight excluding hydrogens is 200 g/mol. The van der Waals surface area contributed by atoms with E-state index in [0.717, 1.165) is 0 Å². The Hall–Kier alpha value is -1.14. The van der Waals surface area contributed by atoms with Gasteiger partial charge in [-0.25, -0.2) is 4.79 Å². The van der Waals surface area contributed by atoms with Crippen molar-refractivity contribution in [3.8, 4) is 0 Å². The zero-order valence-electron chi connectivity index (χ0n) is 9.15. The first kappa shape index (κ1) is 13.9. The third-order valence-corrected chi connectivity index (χ3v) is 2.16. The van der Waals surface area contributed by atoms with E-state index in [2.05, 4.69) is 5.32 Å². The third kappa shape index (κ3) is 3.85. The van der Waals surface area contributed by atoms with Crippen LogP contribution in [0.15, 0.2) is 0 Å². The molecule has 1 amide bonds. The Morgan fingerprint density at radius 1 is 1.47 bits per heavy atom. The highest BCUT2D eigenvalue weighted by Crippen LogP contribution is 2.13. The summed E-state index contributed by atoms with van der Waals surface area (Å²) in [5.74, 6) is -1.76. The van der Waals surface area contributed by atoms with Crippen LogP contribution in [0.1, 0.15) is 20.8 Å². The summed E-state index contributed by atoms with van der Waals surface area (Å²) in [5.41, 5.74) is 4.52. The number of carbonyl (C=O) groups is 2. The smallest absolute Gasteiger partial charge is 0.328 e. The van der Waals surface area contributed by atoms with Crippen LogP contribution in [0.5, 0.6) is 0 Å². The van der Waals surface area contributed by atoms with Gasteiger partial charge in [0.2, 0.25) is 5.91 Å². The lowest BCUT2D eigenvalue weighted by molar-refractivity contribution is -0.146. The van der Waals surface area contributed by atoms with Crippen LogP contribution in [-0.2, 0) is 9.59 Å². The molecule has 5 N–H and O–H groups in total. The maximum atomic E-state index is 11.5. The fraction of sp³-hybridized carbons (Fsp3) is 0.778. The van der Waals surface area contributed by atoms with E-state index < -0.39 is 29.4 Å². The van der Waals surface area contributed by atoms with E-state index in [1.807, 2.05) is 0 Å². The average Bonchev–Trinajstić information content (AvgIpc) is 2.12. The van der Waals surface area contributed by atoms with Gasteiger partial charge in [0, 0.05) is 6.54 Å². The molecule has 0 spiro atoms. The van der Waals surface area contributed by atoms with Gasteiger partial charge in [-0.1, -0.05) is 0 Å². The Labute approximate surface area is 88.5 Å².